The van der Waals surface area contributed by atoms with E-state index in [1.807, 2.05) is 0 Å². The van der Waals surface area contributed by atoms with Crippen molar-refractivity contribution in [2.45, 2.75) is 38.2 Å². The Balaban J connectivity index is 1.37. The van der Waals surface area contributed by atoms with E-state index in [0.717, 1.165) is 64.5 Å². The van der Waals surface area contributed by atoms with Crippen molar-refractivity contribution in [3.8, 4) is 5.75 Å². The number of hydrogen-bond donors (Lipinski definition) is 0. The topological polar surface area (TPSA) is 30.9 Å². The zero-order valence-electron chi connectivity index (χ0n) is 15.1. The van der Waals surface area contributed by atoms with Gasteiger partial charge in [0.25, 0.3) is 0 Å². The largest absolute Gasteiger partial charge is 0.497 e. The van der Waals surface area contributed by atoms with Crippen LogP contribution in [0.15, 0.2) is 24.3 Å². The molecule has 2 unspecified atom stereocenters. The summed E-state index contributed by atoms with van der Waals surface area (Å²) >= 11 is 0. The first kappa shape index (κ1) is 17.7. The minimum atomic E-state index is 0.443. The smallest absolute Gasteiger partial charge is 0.118 e. The average Bonchev–Trinajstić information content (AvgIpc) is 3.15. The number of nitrogens with zero attached hydrogens (tertiary/aromatic N) is 1. The van der Waals surface area contributed by atoms with Gasteiger partial charge in [-0.3, -0.25) is 0 Å². The Hall–Kier alpha value is -1.10. The summed E-state index contributed by atoms with van der Waals surface area (Å²) in [5.74, 6) is 2.10. The van der Waals surface area contributed by atoms with Gasteiger partial charge in [0.05, 0.1) is 26.4 Å². The monoisotopic (exact) mass is 333 g/mol. The minimum Gasteiger partial charge on any atom is -0.497 e. The number of hydrogen-bond acceptors (Lipinski definition) is 4. The summed E-state index contributed by atoms with van der Waals surface area (Å²) < 4.78 is 16.8. The number of benzene rings is 1. The molecule has 4 nitrogen and oxygen atoms in total. The Kier molecular flexibility index (Phi) is 6.52. The highest BCUT2D eigenvalue weighted by Crippen LogP contribution is 2.23. The van der Waals surface area contributed by atoms with Crippen LogP contribution in [0, 0.1) is 5.92 Å². The molecule has 2 atom stereocenters. The molecule has 24 heavy (non-hydrogen) atoms. The third-order valence-electron chi connectivity index (χ3n) is 5.34. The fourth-order valence-corrected chi connectivity index (χ4v) is 3.67. The molecule has 1 aromatic rings. The maximum Gasteiger partial charge on any atom is 0.118 e. The number of piperidine rings is 1. The molecule has 3 rings (SSSR count). The van der Waals surface area contributed by atoms with E-state index in [9.17, 15) is 0 Å². The zero-order chi connectivity index (χ0) is 16.8. The van der Waals surface area contributed by atoms with Gasteiger partial charge in [0.15, 0.2) is 0 Å². The second-order valence-electron chi connectivity index (χ2n) is 7.24. The third-order valence-corrected chi connectivity index (χ3v) is 5.34. The van der Waals surface area contributed by atoms with Crippen molar-refractivity contribution >= 4 is 0 Å². The van der Waals surface area contributed by atoms with Crippen LogP contribution >= 0.6 is 0 Å². The Bertz CT molecular complexity index is 476. The number of ether oxygens (including phenoxy) is 3. The summed E-state index contributed by atoms with van der Waals surface area (Å²) in [5, 5.41) is 0. The van der Waals surface area contributed by atoms with Crippen molar-refractivity contribution in [2.24, 2.45) is 5.92 Å². The van der Waals surface area contributed by atoms with Gasteiger partial charge in [-0.15, -0.1) is 0 Å². The molecular weight excluding hydrogens is 302 g/mol. The molecule has 0 radical (unpaired) electrons. The Labute approximate surface area is 146 Å². The lowest BCUT2D eigenvalue weighted by molar-refractivity contribution is -0.0110. The molecule has 134 valence electrons. The molecule has 0 saturated carbocycles. The van der Waals surface area contributed by atoms with E-state index in [0.29, 0.717) is 17.9 Å². The van der Waals surface area contributed by atoms with Gasteiger partial charge < -0.3 is 19.1 Å². The predicted molar refractivity (Wildman–Crippen MR) is 95.7 cm³/mol. The fourth-order valence-electron chi connectivity index (χ4n) is 3.67. The first-order chi connectivity index (χ1) is 11.7. The van der Waals surface area contributed by atoms with E-state index >= 15 is 0 Å². The highest BCUT2D eigenvalue weighted by atomic mass is 16.5. The third kappa shape index (κ3) is 4.95. The van der Waals surface area contributed by atoms with Crippen molar-refractivity contribution in [3.05, 3.63) is 29.8 Å². The highest BCUT2D eigenvalue weighted by molar-refractivity contribution is 5.29. The Morgan fingerprint density at radius 3 is 2.54 bits per heavy atom. The molecule has 0 amide bonds. The Morgan fingerprint density at radius 2 is 1.92 bits per heavy atom. The van der Waals surface area contributed by atoms with Gasteiger partial charge in [-0.25, -0.2) is 0 Å². The second-order valence-corrected chi connectivity index (χ2v) is 7.24. The number of methoxy groups -OCH3 is 1. The van der Waals surface area contributed by atoms with Crippen LogP contribution in [0.5, 0.6) is 5.75 Å². The van der Waals surface area contributed by atoms with Crippen LogP contribution in [0.2, 0.25) is 0 Å². The maximum atomic E-state index is 6.11. The van der Waals surface area contributed by atoms with Crippen LogP contribution in [0.1, 0.15) is 37.7 Å². The van der Waals surface area contributed by atoms with Crippen LogP contribution in [-0.4, -0.2) is 57.6 Å². The zero-order valence-corrected chi connectivity index (χ0v) is 15.1. The Morgan fingerprint density at radius 1 is 1.17 bits per heavy atom. The molecule has 2 aliphatic rings. The quantitative estimate of drug-likeness (QED) is 0.766. The summed E-state index contributed by atoms with van der Waals surface area (Å²) in [7, 11) is 1.71. The van der Waals surface area contributed by atoms with Crippen molar-refractivity contribution in [2.75, 3.05) is 46.6 Å². The molecule has 0 bridgehead atoms. The summed E-state index contributed by atoms with van der Waals surface area (Å²) in [6.07, 6.45) is 3.92. The van der Waals surface area contributed by atoms with Gasteiger partial charge >= 0.3 is 0 Å². The lowest BCUT2D eigenvalue weighted by Gasteiger charge is -2.34. The van der Waals surface area contributed by atoms with E-state index in [-0.39, 0.29) is 0 Å². The van der Waals surface area contributed by atoms with Crippen LogP contribution < -0.4 is 4.74 Å². The maximum absolute atomic E-state index is 6.11. The van der Waals surface area contributed by atoms with Gasteiger partial charge in [0, 0.05) is 32.2 Å². The molecule has 2 fully saturated rings. The van der Waals surface area contributed by atoms with Gasteiger partial charge in [-0.1, -0.05) is 19.1 Å². The average molecular weight is 333 g/mol. The van der Waals surface area contributed by atoms with Crippen LogP contribution in [0.25, 0.3) is 0 Å². The van der Waals surface area contributed by atoms with E-state index in [1.54, 1.807) is 7.11 Å². The van der Waals surface area contributed by atoms with Crippen LogP contribution in [0.4, 0.5) is 0 Å². The van der Waals surface area contributed by atoms with E-state index < -0.39 is 0 Å². The molecule has 2 saturated heterocycles. The molecule has 1 aromatic carbocycles. The molecule has 0 aromatic heterocycles. The molecule has 2 aliphatic heterocycles. The summed E-state index contributed by atoms with van der Waals surface area (Å²) in [6, 6.07) is 8.48. The van der Waals surface area contributed by atoms with Crippen molar-refractivity contribution in [1.82, 2.24) is 4.90 Å². The summed E-state index contributed by atoms with van der Waals surface area (Å²) in [4.78, 5) is 2.58. The molecule has 4 heteroatoms. The normalized spacial score (nSPS) is 24.2. The summed E-state index contributed by atoms with van der Waals surface area (Å²) in [5.41, 5.74) is 1.38. The van der Waals surface area contributed by atoms with Gasteiger partial charge in [0.2, 0.25) is 0 Å². The predicted octanol–water partition coefficient (Wildman–Crippen LogP) is 3.32. The van der Waals surface area contributed by atoms with Gasteiger partial charge in [-0.2, -0.15) is 0 Å². The van der Waals surface area contributed by atoms with Crippen LogP contribution in [-0.2, 0) is 9.47 Å². The molecular formula is C20H31NO3. The van der Waals surface area contributed by atoms with E-state index in [2.05, 4.69) is 36.1 Å². The SMILES string of the molecule is COc1ccc(C(C)CN2CCC(OCC3CCOC3)CC2)cc1. The fraction of sp³-hybridized carbons (Fsp3) is 0.700. The summed E-state index contributed by atoms with van der Waals surface area (Å²) in [6.45, 7) is 8.40. The molecule has 2 heterocycles. The molecule has 0 N–H and O–H groups in total. The standard InChI is InChI=1S/C20H31NO3/c1-16(18-3-5-19(22-2)6-4-18)13-21-10-7-20(8-11-21)24-15-17-9-12-23-14-17/h3-6,16-17,20H,7-15H2,1-2H3. The van der Waals surface area contributed by atoms with Crippen molar-refractivity contribution in [3.63, 3.8) is 0 Å². The second kappa shape index (κ2) is 8.84. The molecule has 0 spiro atoms. The lowest BCUT2D eigenvalue weighted by Crippen LogP contribution is -2.39. The first-order valence-electron chi connectivity index (χ1n) is 9.30. The number of likely N-dealkylation sites (tertiary alicyclic amines) is 1. The van der Waals surface area contributed by atoms with Crippen molar-refractivity contribution in [1.29, 1.82) is 0 Å². The van der Waals surface area contributed by atoms with E-state index in [4.69, 9.17) is 14.2 Å². The highest BCUT2D eigenvalue weighted by Gasteiger charge is 2.23. The minimum absolute atomic E-state index is 0.443. The van der Waals surface area contributed by atoms with Gasteiger partial charge in [0.1, 0.15) is 5.75 Å². The van der Waals surface area contributed by atoms with Gasteiger partial charge in [-0.05, 0) is 42.9 Å². The van der Waals surface area contributed by atoms with E-state index in [1.165, 1.54) is 5.56 Å². The first-order valence-corrected chi connectivity index (χ1v) is 9.30. The lowest BCUT2D eigenvalue weighted by atomic mass is 9.98. The molecule has 0 aliphatic carbocycles. The van der Waals surface area contributed by atoms with Crippen LogP contribution in [0.3, 0.4) is 0 Å². The van der Waals surface area contributed by atoms with Crippen molar-refractivity contribution < 1.29 is 14.2 Å². The number of rotatable bonds is 7.